The van der Waals surface area contributed by atoms with Crippen LogP contribution in [0.4, 0.5) is 4.79 Å². The fraction of sp³-hybridized carbons (Fsp3) is 0.724. The molecule has 1 amide bonds. The van der Waals surface area contributed by atoms with Gasteiger partial charge >= 0.3 is 12.1 Å². The topological polar surface area (TPSA) is 86.3 Å². The van der Waals surface area contributed by atoms with Crippen molar-refractivity contribution in [1.29, 1.82) is 0 Å². The van der Waals surface area contributed by atoms with Crippen molar-refractivity contribution in [2.45, 2.75) is 91.5 Å². The van der Waals surface area contributed by atoms with Crippen LogP contribution in [-0.2, 0) is 20.7 Å². The summed E-state index contributed by atoms with van der Waals surface area (Å²) in [6.45, 7) is 15.4. The number of hydrogen-bond donors (Lipinski definition) is 1. The number of carbonyl (C=O) groups is 2. The summed E-state index contributed by atoms with van der Waals surface area (Å²) in [7, 11) is 3.31. The Hall–Kier alpha value is -2.48. The van der Waals surface area contributed by atoms with Crippen LogP contribution < -0.4 is 14.8 Å². The van der Waals surface area contributed by atoms with E-state index in [1.165, 1.54) is 11.1 Å². The molecule has 0 radical (unpaired) electrons. The number of alkyl carbamates (subject to hydrolysis) is 1. The molecule has 0 bridgehead atoms. The SMILES string of the molecule is COc1cc2c(cc1OC)[C@H]1CC(OC(=O)C(NC(=O)OC(C)(C)C)C(C)C)C(CC(C)C)CN1CC2. The Kier molecular flexibility index (Phi) is 9.37. The van der Waals surface area contributed by atoms with E-state index in [0.29, 0.717) is 18.1 Å². The highest BCUT2D eigenvalue weighted by molar-refractivity contribution is 5.81. The molecule has 37 heavy (non-hydrogen) atoms. The third-order valence-electron chi connectivity index (χ3n) is 7.20. The number of methoxy groups -OCH3 is 2. The Balaban J connectivity index is 1.84. The molecular formula is C29H46N2O6. The normalized spacial score (nSPS) is 22.6. The third kappa shape index (κ3) is 7.30. The van der Waals surface area contributed by atoms with Crippen LogP contribution >= 0.6 is 0 Å². The van der Waals surface area contributed by atoms with Gasteiger partial charge in [0.05, 0.1) is 14.2 Å². The number of ether oxygens (including phenoxy) is 4. The van der Waals surface area contributed by atoms with E-state index >= 15 is 0 Å². The molecule has 3 rings (SSSR count). The predicted octanol–water partition coefficient (Wildman–Crippen LogP) is 5.13. The molecule has 2 aliphatic heterocycles. The van der Waals surface area contributed by atoms with E-state index in [2.05, 4.69) is 36.2 Å². The molecular weight excluding hydrogens is 472 g/mol. The molecule has 2 heterocycles. The van der Waals surface area contributed by atoms with Gasteiger partial charge in [-0.15, -0.1) is 0 Å². The molecule has 1 saturated heterocycles. The van der Waals surface area contributed by atoms with Crippen molar-refractivity contribution in [3.8, 4) is 11.5 Å². The zero-order valence-electron chi connectivity index (χ0n) is 24.1. The number of nitrogens with one attached hydrogen (secondary N) is 1. The largest absolute Gasteiger partial charge is 0.493 e. The molecule has 208 valence electrons. The standard InChI is InChI=1S/C29H46N2O6/c1-17(2)12-20-16-31-11-10-19-13-24(34-8)25(35-9)14-21(19)22(31)15-23(20)36-27(32)26(18(3)4)30-28(33)37-29(5,6)7/h13-14,17-18,20,22-23,26H,10-12,15-16H2,1-9H3,(H,30,33)/t20?,22-,23?,26?/m1/s1. The Labute approximate surface area is 222 Å². The van der Waals surface area contributed by atoms with Crippen molar-refractivity contribution < 1.29 is 28.5 Å². The maximum atomic E-state index is 13.4. The van der Waals surface area contributed by atoms with Crippen LogP contribution in [0.3, 0.4) is 0 Å². The first-order valence-electron chi connectivity index (χ1n) is 13.5. The number of hydrogen-bond acceptors (Lipinski definition) is 7. The van der Waals surface area contributed by atoms with Crippen LogP contribution in [0.5, 0.6) is 11.5 Å². The predicted molar refractivity (Wildman–Crippen MR) is 143 cm³/mol. The number of nitrogens with zero attached hydrogens (tertiary/aromatic N) is 1. The molecule has 8 nitrogen and oxygen atoms in total. The minimum absolute atomic E-state index is 0.126. The van der Waals surface area contributed by atoms with Gasteiger partial charge in [-0.1, -0.05) is 27.7 Å². The van der Waals surface area contributed by atoms with Crippen LogP contribution in [0.15, 0.2) is 12.1 Å². The van der Waals surface area contributed by atoms with Gasteiger partial charge in [0, 0.05) is 31.5 Å². The fourth-order valence-corrected chi connectivity index (χ4v) is 5.54. The lowest BCUT2D eigenvalue weighted by molar-refractivity contribution is -0.161. The van der Waals surface area contributed by atoms with E-state index < -0.39 is 23.7 Å². The lowest BCUT2D eigenvalue weighted by Gasteiger charge is -2.47. The number of fused-ring (bicyclic) bond motifs is 3. The summed E-state index contributed by atoms with van der Waals surface area (Å²) in [5, 5.41) is 2.74. The highest BCUT2D eigenvalue weighted by atomic mass is 16.6. The van der Waals surface area contributed by atoms with Gasteiger partial charge in [-0.3, -0.25) is 4.90 Å². The maximum Gasteiger partial charge on any atom is 0.408 e. The van der Waals surface area contributed by atoms with Crippen LogP contribution in [-0.4, -0.2) is 62.0 Å². The van der Waals surface area contributed by atoms with Gasteiger partial charge in [0.15, 0.2) is 11.5 Å². The summed E-state index contributed by atoms with van der Waals surface area (Å²) in [5.41, 5.74) is 1.81. The zero-order chi connectivity index (χ0) is 27.5. The Morgan fingerprint density at radius 2 is 1.73 bits per heavy atom. The van der Waals surface area contributed by atoms with E-state index in [1.54, 1.807) is 35.0 Å². The van der Waals surface area contributed by atoms with Crippen molar-refractivity contribution in [2.24, 2.45) is 17.8 Å². The Morgan fingerprint density at radius 3 is 2.30 bits per heavy atom. The van der Waals surface area contributed by atoms with E-state index in [0.717, 1.165) is 31.7 Å². The lowest BCUT2D eigenvalue weighted by atomic mass is 9.79. The molecule has 0 saturated carbocycles. The summed E-state index contributed by atoms with van der Waals surface area (Å²) >= 11 is 0. The average molecular weight is 519 g/mol. The molecule has 1 N–H and O–H groups in total. The number of carbonyl (C=O) groups excluding carboxylic acids is 2. The number of esters is 1. The molecule has 4 atom stereocenters. The third-order valence-corrected chi connectivity index (χ3v) is 7.20. The molecule has 1 aromatic rings. The van der Waals surface area contributed by atoms with Gasteiger partial charge in [0.1, 0.15) is 17.7 Å². The number of amides is 1. The Bertz CT molecular complexity index is 954. The molecule has 3 unspecified atom stereocenters. The summed E-state index contributed by atoms with van der Waals surface area (Å²) in [5.74, 6) is 1.59. The molecule has 0 spiro atoms. The van der Waals surface area contributed by atoms with Gasteiger partial charge < -0.3 is 24.3 Å². The van der Waals surface area contributed by atoms with Gasteiger partial charge in [0.2, 0.25) is 0 Å². The van der Waals surface area contributed by atoms with Gasteiger partial charge in [-0.25, -0.2) is 9.59 Å². The van der Waals surface area contributed by atoms with Crippen molar-refractivity contribution >= 4 is 12.1 Å². The molecule has 0 aromatic heterocycles. The van der Waals surface area contributed by atoms with Crippen LogP contribution in [0.2, 0.25) is 0 Å². The molecule has 0 aliphatic carbocycles. The second-order valence-corrected chi connectivity index (χ2v) is 12.1. The minimum Gasteiger partial charge on any atom is -0.493 e. The Morgan fingerprint density at radius 1 is 1.08 bits per heavy atom. The molecule has 1 fully saturated rings. The molecule has 1 aromatic carbocycles. The highest BCUT2D eigenvalue weighted by Gasteiger charge is 2.42. The first kappa shape index (κ1) is 29.1. The van der Waals surface area contributed by atoms with E-state index in [9.17, 15) is 9.59 Å². The summed E-state index contributed by atoms with van der Waals surface area (Å²) in [6.07, 6.45) is 1.74. The minimum atomic E-state index is -0.782. The van der Waals surface area contributed by atoms with Gasteiger partial charge in [0.25, 0.3) is 0 Å². The number of rotatable bonds is 8. The maximum absolute atomic E-state index is 13.4. The highest BCUT2D eigenvalue weighted by Crippen LogP contribution is 2.44. The van der Waals surface area contributed by atoms with Crippen LogP contribution in [0.1, 0.15) is 78.5 Å². The van der Waals surface area contributed by atoms with E-state index in [1.807, 2.05) is 13.8 Å². The second kappa shape index (κ2) is 11.9. The number of benzene rings is 1. The van der Waals surface area contributed by atoms with Crippen LogP contribution in [0, 0.1) is 17.8 Å². The number of piperidine rings is 1. The second-order valence-electron chi connectivity index (χ2n) is 12.1. The van der Waals surface area contributed by atoms with Crippen molar-refractivity contribution in [3.63, 3.8) is 0 Å². The van der Waals surface area contributed by atoms with Crippen molar-refractivity contribution in [1.82, 2.24) is 10.2 Å². The van der Waals surface area contributed by atoms with E-state index in [4.69, 9.17) is 18.9 Å². The van der Waals surface area contributed by atoms with E-state index in [-0.39, 0.29) is 24.0 Å². The monoisotopic (exact) mass is 518 g/mol. The molecule has 8 heteroatoms. The lowest BCUT2D eigenvalue weighted by Crippen LogP contribution is -2.52. The fourth-order valence-electron chi connectivity index (χ4n) is 5.54. The van der Waals surface area contributed by atoms with Crippen LogP contribution in [0.25, 0.3) is 0 Å². The summed E-state index contributed by atoms with van der Waals surface area (Å²) in [6, 6.07) is 3.50. The van der Waals surface area contributed by atoms with Crippen molar-refractivity contribution in [3.05, 3.63) is 23.3 Å². The van der Waals surface area contributed by atoms with Gasteiger partial charge in [-0.2, -0.15) is 0 Å². The smallest absolute Gasteiger partial charge is 0.408 e. The first-order valence-corrected chi connectivity index (χ1v) is 13.5. The average Bonchev–Trinajstić information content (AvgIpc) is 2.80. The summed E-state index contributed by atoms with van der Waals surface area (Å²) < 4.78 is 22.8. The zero-order valence-corrected chi connectivity index (χ0v) is 24.1. The van der Waals surface area contributed by atoms with Gasteiger partial charge in [-0.05, 0) is 68.7 Å². The first-order chi connectivity index (χ1) is 17.3. The summed E-state index contributed by atoms with van der Waals surface area (Å²) in [4.78, 5) is 28.4. The quantitative estimate of drug-likeness (QED) is 0.478. The molecule has 2 aliphatic rings. The van der Waals surface area contributed by atoms with Crippen molar-refractivity contribution in [2.75, 3.05) is 27.3 Å².